The first-order chi connectivity index (χ1) is 10.7. The van der Waals surface area contributed by atoms with Crippen LogP contribution in [0.3, 0.4) is 0 Å². The van der Waals surface area contributed by atoms with E-state index < -0.39 is 0 Å². The maximum Gasteiger partial charge on any atom is 0.275 e. The molecule has 0 aliphatic carbocycles. The molecule has 0 atom stereocenters. The predicted octanol–water partition coefficient (Wildman–Crippen LogP) is 4.19. The lowest BCUT2D eigenvalue weighted by Gasteiger charge is -2.09. The van der Waals surface area contributed by atoms with E-state index in [2.05, 4.69) is 37.4 Å². The highest BCUT2D eigenvalue weighted by molar-refractivity contribution is 6.54. The largest absolute Gasteiger partial charge is 0.320 e. The minimum Gasteiger partial charge on any atom is -0.320 e. The van der Waals surface area contributed by atoms with Crippen molar-refractivity contribution in [1.82, 2.24) is 0 Å². The maximum atomic E-state index is 12.3. The fourth-order valence-electron chi connectivity index (χ4n) is 2.91. The van der Waals surface area contributed by atoms with E-state index in [-0.39, 0.29) is 5.91 Å². The summed E-state index contributed by atoms with van der Waals surface area (Å²) in [6.45, 7) is 6.23. The summed E-state index contributed by atoms with van der Waals surface area (Å²) in [7, 11) is 0. The van der Waals surface area contributed by atoms with Gasteiger partial charge in [0, 0.05) is 5.56 Å². The van der Waals surface area contributed by atoms with Crippen LogP contribution in [0.15, 0.2) is 41.4 Å². The molecule has 1 N–H and O–H groups in total. The number of aryl methyl sites for hydroxylation is 3. The van der Waals surface area contributed by atoms with Crippen LogP contribution in [0.2, 0.25) is 0 Å². The molecule has 0 spiro atoms. The van der Waals surface area contributed by atoms with Gasteiger partial charge in [-0.15, -0.1) is 0 Å². The van der Waals surface area contributed by atoms with Crippen molar-refractivity contribution in [2.45, 2.75) is 33.6 Å². The van der Waals surface area contributed by atoms with E-state index in [0.717, 1.165) is 35.3 Å². The minimum absolute atomic E-state index is 0.114. The molecule has 1 heterocycles. The number of hydrogen-bond acceptors (Lipinski definition) is 2. The number of nitrogens with one attached hydrogen (secondary N) is 1. The van der Waals surface area contributed by atoms with Crippen LogP contribution in [0.25, 0.3) is 0 Å². The zero-order valence-electron chi connectivity index (χ0n) is 13.2. The van der Waals surface area contributed by atoms with Gasteiger partial charge in [0.15, 0.2) is 0 Å². The highest BCUT2D eigenvalue weighted by atomic mass is 16.2. The van der Waals surface area contributed by atoms with Gasteiger partial charge in [0.1, 0.15) is 5.71 Å². The van der Waals surface area contributed by atoms with Crippen LogP contribution in [-0.2, 0) is 17.6 Å². The van der Waals surface area contributed by atoms with Crippen LogP contribution in [0.5, 0.6) is 0 Å². The molecular weight excluding hydrogens is 272 g/mol. The Kier molecular flexibility index (Phi) is 3.80. The van der Waals surface area contributed by atoms with Gasteiger partial charge in [0.05, 0.1) is 11.4 Å². The zero-order chi connectivity index (χ0) is 15.7. The third-order valence-electron chi connectivity index (χ3n) is 4.17. The number of rotatable bonds is 3. The number of carbonyl (C=O) groups is 1. The highest BCUT2D eigenvalue weighted by Crippen LogP contribution is 2.31. The first kappa shape index (κ1) is 14.5. The molecule has 2 aromatic carbocycles. The molecular formula is C19H20N2O. The lowest BCUT2D eigenvalue weighted by molar-refractivity contribution is -0.110. The molecule has 0 radical (unpaired) electrons. The number of hydrogen-bond donors (Lipinski definition) is 1. The van der Waals surface area contributed by atoms with Gasteiger partial charge in [-0.3, -0.25) is 4.79 Å². The van der Waals surface area contributed by atoms with E-state index in [4.69, 9.17) is 4.99 Å². The maximum absolute atomic E-state index is 12.3. The van der Waals surface area contributed by atoms with E-state index in [1.165, 1.54) is 11.1 Å². The van der Waals surface area contributed by atoms with E-state index in [1.807, 2.05) is 25.1 Å². The molecule has 0 saturated heterocycles. The second-order valence-corrected chi connectivity index (χ2v) is 5.54. The van der Waals surface area contributed by atoms with Crippen LogP contribution < -0.4 is 5.32 Å². The summed E-state index contributed by atoms with van der Waals surface area (Å²) < 4.78 is 0. The lowest BCUT2D eigenvalue weighted by Crippen LogP contribution is -2.14. The Hall–Kier alpha value is -2.42. The molecule has 0 unspecified atom stereocenters. The van der Waals surface area contributed by atoms with Gasteiger partial charge in [0.25, 0.3) is 5.91 Å². The van der Waals surface area contributed by atoms with E-state index in [9.17, 15) is 4.79 Å². The molecule has 0 saturated carbocycles. The van der Waals surface area contributed by atoms with E-state index in [0.29, 0.717) is 5.71 Å². The minimum atomic E-state index is -0.114. The summed E-state index contributed by atoms with van der Waals surface area (Å²) >= 11 is 0. The number of anilines is 1. The molecule has 2 aromatic rings. The highest BCUT2D eigenvalue weighted by Gasteiger charge is 2.27. The van der Waals surface area contributed by atoms with Crippen LogP contribution >= 0.6 is 0 Å². The number of nitrogens with zero attached hydrogens (tertiary/aromatic N) is 1. The molecule has 1 aliphatic rings. The SMILES string of the molecule is CCc1cccc(CC)c1N=C1C(=O)Nc2c(C)cccc21. The molecule has 3 rings (SSSR count). The quantitative estimate of drug-likeness (QED) is 0.905. The number of amides is 1. The normalized spacial score (nSPS) is 15.0. The van der Waals surface area contributed by atoms with Crippen molar-refractivity contribution in [1.29, 1.82) is 0 Å². The molecule has 0 fully saturated rings. The van der Waals surface area contributed by atoms with E-state index >= 15 is 0 Å². The Morgan fingerprint density at radius 2 is 1.64 bits per heavy atom. The predicted molar refractivity (Wildman–Crippen MR) is 91.2 cm³/mol. The number of benzene rings is 2. The molecule has 22 heavy (non-hydrogen) atoms. The average Bonchev–Trinajstić information content (AvgIpc) is 2.85. The molecule has 112 valence electrons. The molecule has 3 nitrogen and oxygen atoms in total. The summed E-state index contributed by atoms with van der Waals surface area (Å²) in [5.41, 5.74) is 6.69. The fraction of sp³-hybridized carbons (Fsp3) is 0.263. The summed E-state index contributed by atoms with van der Waals surface area (Å²) in [6, 6.07) is 12.2. The first-order valence-corrected chi connectivity index (χ1v) is 7.76. The Labute approximate surface area is 131 Å². The third kappa shape index (κ3) is 2.33. The van der Waals surface area contributed by atoms with Crippen LogP contribution in [-0.4, -0.2) is 11.6 Å². The standard InChI is InChI=1S/C19H20N2O/c1-4-13-9-7-10-14(5-2)17(13)20-18-15-11-6-8-12(3)16(15)21-19(18)22/h6-11H,4-5H2,1-3H3,(H,20,21,22). The molecule has 3 heteroatoms. The van der Waals surface area contributed by atoms with Gasteiger partial charge in [-0.2, -0.15) is 0 Å². The molecule has 1 amide bonds. The summed E-state index contributed by atoms with van der Waals surface area (Å²) in [6.07, 6.45) is 1.81. The smallest absolute Gasteiger partial charge is 0.275 e. The summed E-state index contributed by atoms with van der Waals surface area (Å²) in [4.78, 5) is 17.1. The number of fused-ring (bicyclic) bond motifs is 1. The van der Waals surface area contributed by atoms with E-state index in [1.54, 1.807) is 0 Å². The Balaban J connectivity index is 2.19. The average molecular weight is 292 g/mol. The first-order valence-electron chi connectivity index (χ1n) is 7.76. The van der Waals surface area contributed by atoms with Crippen molar-refractivity contribution < 1.29 is 4.79 Å². The second kappa shape index (κ2) is 5.76. The molecule has 0 aromatic heterocycles. The molecule has 1 aliphatic heterocycles. The van der Waals surface area contributed by atoms with Crippen molar-refractivity contribution in [2.24, 2.45) is 4.99 Å². The van der Waals surface area contributed by atoms with Crippen molar-refractivity contribution in [3.05, 3.63) is 58.7 Å². The van der Waals surface area contributed by atoms with Crippen LogP contribution in [0.4, 0.5) is 11.4 Å². The number of para-hydroxylation sites is 2. The Morgan fingerprint density at radius 1 is 1.00 bits per heavy atom. The summed E-state index contributed by atoms with van der Waals surface area (Å²) in [5.74, 6) is -0.114. The Morgan fingerprint density at radius 3 is 2.27 bits per heavy atom. The van der Waals surface area contributed by atoms with Crippen LogP contribution in [0, 0.1) is 6.92 Å². The van der Waals surface area contributed by atoms with Crippen molar-refractivity contribution in [3.63, 3.8) is 0 Å². The van der Waals surface area contributed by atoms with Crippen LogP contribution in [0.1, 0.15) is 36.1 Å². The molecule has 0 bridgehead atoms. The lowest BCUT2D eigenvalue weighted by atomic mass is 10.0. The van der Waals surface area contributed by atoms with Gasteiger partial charge < -0.3 is 5.32 Å². The van der Waals surface area contributed by atoms with Gasteiger partial charge in [-0.05, 0) is 36.5 Å². The topological polar surface area (TPSA) is 41.5 Å². The van der Waals surface area contributed by atoms with Gasteiger partial charge in [-0.1, -0.05) is 50.2 Å². The van der Waals surface area contributed by atoms with Gasteiger partial charge in [0.2, 0.25) is 0 Å². The van der Waals surface area contributed by atoms with Gasteiger partial charge >= 0.3 is 0 Å². The van der Waals surface area contributed by atoms with Crippen molar-refractivity contribution in [2.75, 3.05) is 5.32 Å². The fourth-order valence-corrected chi connectivity index (χ4v) is 2.91. The van der Waals surface area contributed by atoms with Crippen molar-refractivity contribution >= 4 is 23.0 Å². The summed E-state index contributed by atoms with van der Waals surface area (Å²) in [5, 5.41) is 2.94. The number of carbonyl (C=O) groups excluding carboxylic acids is 1. The number of aliphatic imine (C=N–C) groups is 1. The monoisotopic (exact) mass is 292 g/mol. The van der Waals surface area contributed by atoms with Gasteiger partial charge in [-0.25, -0.2) is 4.99 Å². The Bertz CT molecular complexity index is 753. The third-order valence-corrected chi connectivity index (χ3v) is 4.17. The zero-order valence-corrected chi connectivity index (χ0v) is 13.2. The second-order valence-electron chi connectivity index (χ2n) is 5.54. The van der Waals surface area contributed by atoms with Crippen molar-refractivity contribution in [3.8, 4) is 0 Å².